The van der Waals surface area contributed by atoms with E-state index in [1.807, 2.05) is 34.8 Å². The Morgan fingerprint density at radius 3 is 2.04 bits per heavy atom. The molecule has 0 spiro atoms. The largest absolute Gasteiger partial charge is 0.497 e. The Bertz CT molecular complexity index is 1280. The van der Waals surface area contributed by atoms with Gasteiger partial charge in [0.05, 0.1) is 12.8 Å². The molecule has 0 amide bonds. The van der Waals surface area contributed by atoms with E-state index in [1.165, 1.54) is 36.5 Å². The summed E-state index contributed by atoms with van der Waals surface area (Å²) < 4.78 is 8.01. The van der Waals surface area contributed by atoms with Crippen LogP contribution in [0, 0.1) is 13.8 Å². The molecule has 26 heavy (non-hydrogen) atoms. The van der Waals surface area contributed by atoms with Crippen LogP contribution in [0.15, 0.2) is 47.2 Å². The minimum atomic E-state index is 0.866. The highest BCUT2D eigenvalue weighted by molar-refractivity contribution is 7.20. The Morgan fingerprint density at radius 2 is 1.42 bits per heavy atom. The van der Waals surface area contributed by atoms with Crippen LogP contribution in [-0.4, -0.2) is 12.1 Å². The van der Waals surface area contributed by atoms with E-state index in [9.17, 15) is 0 Å². The fraction of sp³-hybridized carbons (Fsp3) is 0.136. The molecule has 3 heterocycles. The Balaban J connectivity index is 1.93. The molecule has 5 aromatic rings. The van der Waals surface area contributed by atoms with Gasteiger partial charge >= 0.3 is 0 Å². The van der Waals surface area contributed by atoms with Gasteiger partial charge < -0.3 is 4.74 Å². The summed E-state index contributed by atoms with van der Waals surface area (Å²) in [6.45, 7) is 4.33. The van der Waals surface area contributed by atoms with Crippen molar-refractivity contribution in [3.8, 4) is 17.0 Å². The number of ether oxygens (including phenoxy) is 1. The van der Waals surface area contributed by atoms with Gasteiger partial charge in [-0.25, -0.2) is 0 Å². The molecule has 0 fully saturated rings. The number of rotatable bonds is 2. The average molecular weight is 376 g/mol. The summed E-state index contributed by atoms with van der Waals surface area (Å²) in [5.74, 6) is 0.866. The Morgan fingerprint density at radius 1 is 0.808 bits per heavy atom. The van der Waals surface area contributed by atoms with E-state index in [4.69, 9.17) is 9.72 Å². The highest BCUT2D eigenvalue weighted by Gasteiger charge is 2.18. The summed E-state index contributed by atoms with van der Waals surface area (Å²) >= 11 is 3.64. The molecule has 0 radical (unpaired) electrons. The third-order valence-corrected chi connectivity index (χ3v) is 6.92. The van der Waals surface area contributed by atoms with Gasteiger partial charge in [0.25, 0.3) is 0 Å². The lowest BCUT2D eigenvalue weighted by molar-refractivity contribution is 0.415. The molecule has 0 aliphatic heterocycles. The van der Waals surface area contributed by atoms with E-state index in [0.29, 0.717) is 0 Å². The zero-order chi connectivity index (χ0) is 17.8. The maximum absolute atomic E-state index is 5.30. The van der Waals surface area contributed by atoms with E-state index in [0.717, 1.165) is 22.7 Å². The quantitative estimate of drug-likeness (QED) is 0.333. The number of hydrogen-bond donors (Lipinski definition) is 0. The summed E-state index contributed by atoms with van der Waals surface area (Å²) in [7, 11) is 1.69. The van der Waals surface area contributed by atoms with Crippen molar-refractivity contribution in [1.82, 2.24) is 4.98 Å². The molecule has 0 atom stereocenters. The summed E-state index contributed by atoms with van der Waals surface area (Å²) in [4.78, 5) is 5.02. The van der Waals surface area contributed by atoms with Crippen molar-refractivity contribution in [3.05, 3.63) is 58.4 Å². The van der Waals surface area contributed by atoms with Gasteiger partial charge in [0.15, 0.2) is 0 Å². The van der Waals surface area contributed by atoms with Crippen molar-refractivity contribution in [3.63, 3.8) is 0 Å². The number of fused-ring (bicyclic) bond motifs is 6. The lowest BCUT2D eigenvalue weighted by Gasteiger charge is -2.14. The monoisotopic (exact) mass is 375 g/mol. The molecule has 0 aliphatic carbocycles. The van der Waals surface area contributed by atoms with E-state index >= 15 is 0 Å². The normalized spacial score (nSPS) is 11.7. The first-order chi connectivity index (χ1) is 12.7. The third-order valence-electron chi connectivity index (χ3n) is 5.06. The highest BCUT2D eigenvalue weighted by atomic mass is 32.1. The molecule has 0 saturated carbocycles. The standard InChI is InChI=1S/C22H17NOS2/c1-12-18-19(22-17(9-11-26-22)16-8-10-25-21(16)18)13(2)23-20(12)14-4-6-15(24-3)7-5-14/h4-11H,1-3H3. The fourth-order valence-electron chi connectivity index (χ4n) is 3.82. The molecule has 128 valence electrons. The van der Waals surface area contributed by atoms with Crippen molar-refractivity contribution in [2.24, 2.45) is 0 Å². The number of methoxy groups -OCH3 is 1. The average Bonchev–Trinajstić information content (AvgIpc) is 3.32. The number of aromatic nitrogens is 1. The first-order valence-corrected chi connectivity index (χ1v) is 10.3. The maximum atomic E-state index is 5.30. The molecule has 3 aromatic heterocycles. The fourth-order valence-corrected chi connectivity index (χ4v) is 5.85. The zero-order valence-corrected chi connectivity index (χ0v) is 16.4. The van der Waals surface area contributed by atoms with Gasteiger partial charge in [-0.3, -0.25) is 4.98 Å². The van der Waals surface area contributed by atoms with Crippen molar-refractivity contribution in [2.45, 2.75) is 13.8 Å². The van der Waals surface area contributed by atoms with Gasteiger partial charge in [0.2, 0.25) is 0 Å². The van der Waals surface area contributed by atoms with Gasteiger partial charge in [-0.15, -0.1) is 22.7 Å². The molecule has 5 rings (SSSR count). The molecule has 0 saturated heterocycles. The predicted octanol–water partition coefficient (Wildman–Crippen LogP) is 6.96. The Hall–Kier alpha value is -2.43. The minimum Gasteiger partial charge on any atom is -0.497 e. The number of hydrogen-bond acceptors (Lipinski definition) is 4. The molecule has 0 bridgehead atoms. The van der Waals surface area contributed by atoms with Crippen LogP contribution in [0.5, 0.6) is 5.75 Å². The molecule has 0 N–H and O–H groups in total. The van der Waals surface area contributed by atoms with Crippen LogP contribution in [0.25, 0.3) is 42.2 Å². The molecular formula is C22H17NOS2. The van der Waals surface area contributed by atoms with Gasteiger partial charge in [-0.05, 0) is 66.6 Å². The van der Waals surface area contributed by atoms with Gasteiger partial charge in [0.1, 0.15) is 5.75 Å². The number of aryl methyl sites for hydroxylation is 2. The number of nitrogens with zero attached hydrogens (tertiary/aromatic N) is 1. The maximum Gasteiger partial charge on any atom is 0.118 e. The van der Waals surface area contributed by atoms with Crippen LogP contribution < -0.4 is 4.74 Å². The predicted molar refractivity (Wildman–Crippen MR) is 114 cm³/mol. The minimum absolute atomic E-state index is 0.866. The summed E-state index contributed by atoms with van der Waals surface area (Å²) in [5, 5.41) is 9.74. The van der Waals surface area contributed by atoms with E-state index in [-0.39, 0.29) is 0 Å². The summed E-state index contributed by atoms with van der Waals surface area (Å²) in [6, 6.07) is 12.7. The SMILES string of the molecule is COc1ccc(-c2nc(C)c3c4sccc4c4ccsc4c3c2C)cc1. The lowest BCUT2D eigenvalue weighted by Crippen LogP contribution is -1.95. The van der Waals surface area contributed by atoms with Crippen molar-refractivity contribution < 1.29 is 4.74 Å². The third kappa shape index (κ3) is 2.12. The van der Waals surface area contributed by atoms with Crippen LogP contribution in [0.3, 0.4) is 0 Å². The molecule has 0 unspecified atom stereocenters. The lowest BCUT2D eigenvalue weighted by atomic mass is 9.96. The number of benzene rings is 2. The smallest absolute Gasteiger partial charge is 0.118 e. The second-order valence-corrected chi connectivity index (χ2v) is 8.31. The second kappa shape index (κ2) is 5.79. The Labute approximate surface area is 159 Å². The highest BCUT2D eigenvalue weighted by Crippen LogP contribution is 2.44. The van der Waals surface area contributed by atoms with Crippen molar-refractivity contribution in [2.75, 3.05) is 7.11 Å². The topological polar surface area (TPSA) is 22.1 Å². The van der Waals surface area contributed by atoms with Crippen LogP contribution in [0.4, 0.5) is 0 Å². The molecule has 2 aromatic carbocycles. The van der Waals surface area contributed by atoms with Crippen molar-refractivity contribution >= 4 is 53.6 Å². The van der Waals surface area contributed by atoms with Gasteiger partial charge in [0, 0.05) is 42.2 Å². The number of pyridine rings is 1. The first-order valence-electron chi connectivity index (χ1n) is 8.50. The molecule has 0 aliphatic rings. The summed E-state index contributed by atoms with van der Waals surface area (Å²) in [5.41, 5.74) is 4.53. The zero-order valence-electron chi connectivity index (χ0n) is 14.8. The van der Waals surface area contributed by atoms with Crippen molar-refractivity contribution in [1.29, 1.82) is 0 Å². The van der Waals surface area contributed by atoms with E-state index in [2.05, 4.69) is 48.9 Å². The molecule has 2 nitrogen and oxygen atoms in total. The van der Waals surface area contributed by atoms with Crippen LogP contribution >= 0.6 is 22.7 Å². The molecular weight excluding hydrogens is 358 g/mol. The van der Waals surface area contributed by atoms with Crippen LogP contribution in [0.2, 0.25) is 0 Å². The number of thiophene rings is 2. The second-order valence-electron chi connectivity index (χ2n) is 6.48. The van der Waals surface area contributed by atoms with Gasteiger partial charge in [-0.1, -0.05) is 0 Å². The van der Waals surface area contributed by atoms with Crippen LogP contribution in [0.1, 0.15) is 11.3 Å². The van der Waals surface area contributed by atoms with Crippen LogP contribution in [-0.2, 0) is 0 Å². The Kier molecular flexibility index (Phi) is 3.52. The van der Waals surface area contributed by atoms with E-state index in [1.54, 1.807) is 7.11 Å². The van der Waals surface area contributed by atoms with E-state index < -0.39 is 0 Å². The van der Waals surface area contributed by atoms with Gasteiger partial charge in [-0.2, -0.15) is 0 Å². The molecule has 4 heteroatoms. The first kappa shape index (κ1) is 15.8. The summed E-state index contributed by atoms with van der Waals surface area (Å²) in [6.07, 6.45) is 0.